The Morgan fingerprint density at radius 3 is 2.59 bits per heavy atom. The molecule has 1 N–H and O–H groups in total. The highest BCUT2D eigenvalue weighted by atomic mass is 35.5. The van der Waals surface area contributed by atoms with Gasteiger partial charge in [0.1, 0.15) is 5.58 Å². The largest absolute Gasteiger partial charge is 0.464 e. The fourth-order valence-electron chi connectivity index (χ4n) is 2.44. The van der Waals surface area contributed by atoms with Gasteiger partial charge in [-0.05, 0) is 49.2 Å². The number of anilines is 1. The fourth-order valence-corrected chi connectivity index (χ4v) is 2.56. The van der Waals surface area contributed by atoms with Crippen LogP contribution < -0.4 is 5.32 Å². The summed E-state index contributed by atoms with van der Waals surface area (Å²) >= 11 is 5.83. The molecule has 22 heavy (non-hydrogen) atoms. The zero-order valence-corrected chi connectivity index (χ0v) is 13.2. The van der Waals surface area contributed by atoms with Gasteiger partial charge in [-0.15, -0.1) is 0 Å². The van der Waals surface area contributed by atoms with Crippen molar-refractivity contribution >= 4 is 34.2 Å². The van der Waals surface area contributed by atoms with E-state index in [9.17, 15) is 4.79 Å². The molecule has 2 aromatic carbocycles. The topological polar surface area (TPSA) is 42.2 Å². The van der Waals surface area contributed by atoms with E-state index in [2.05, 4.69) is 5.32 Å². The number of benzene rings is 2. The highest BCUT2D eigenvalue weighted by Crippen LogP contribution is 2.27. The van der Waals surface area contributed by atoms with Crippen LogP contribution in [-0.4, -0.2) is 5.91 Å². The molecule has 1 aromatic heterocycles. The summed E-state index contributed by atoms with van der Waals surface area (Å²) < 4.78 is 5.63. The summed E-state index contributed by atoms with van der Waals surface area (Å²) in [7, 11) is 0. The summed E-state index contributed by atoms with van der Waals surface area (Å²) in [4.78, 5) is 12.2. The minimum absolute atomic E-state index is 0.0803. The summed E-state index contributed by atoms with van der Waals surface area (Å²) in [5.74, 6) is -0.0803. The van der Waals surface area contributed by atoms with Crippen LogP contribution in [0, 0.1) is 13.8 Å². The molecule has 0 aliphatic carbocycles. The van der Waals surface area contributed by atoms with Gasteiger partial charge in [0.05, 0.1) is 12.7 Å². The Hall–Kier alpha value is -2.26. The number of amides is 1. The summed E-state index contributed by atoms with van der Waals surface area (Å²) in [5.41, 5.74) is 4.77. The standard InChI is InChI=1S/C18H16ClNO2/c1-11-3-8-16-13(10-22-18(16)12(11)2)9-17(21)20-15-6-4-14(19)5-7-15/h3-8,10H,9H2,1-2H3,(H,20,21). The van der Waals surface area contributed by atoms with E-state index in [1.54, 1.807) is 30.5 Å². The molecule has 3 aromatic rings. The number of nitrogens with one attached hydrogen (secondary N) is 1. The zero-order chi connectivity index (χ0) is 15.7. The fraction of sp³-hybridized carbons (Fsp3) is 0.167. The van der Waals surface area contributed by atoms with Crippen molar-refractivity contribution < 1.29 is 9.21 Å². The lowest BCUT2D eigenvalue weighted by Gasteiger charge is -2.05. The van der Waals surface area contributed by atoms with Gasteiger partial charge in [0, 0.05) is 21.7 Å². The smallest absolute Gasteiger partial charge is 0.228 e. The molecule has 0 aliphatic heterocycles. The summed E-state index contributed by atoms with van der Waals surface area (Å²) in [5, 5.41) is 4.50. The molecule has 0 saturated heterocycles. The monoisotopic (exact) mass is 313 g/mol. The number of carbonyl (C=O) groups excluding carboxylic acids is 1. The maximum atomic E-state index is 12.2. The van der Waals surface area contributed by atoms with Crippen LogP contribution in [0.15, 0.2) is 47.1 Å². The lowest BCUT2D eigenvalue weighted by Crippen LogP contribution is -2.14. The predicted octanol–water partition coefficient (Wildman–Crippen LogP) is 4.88. The molecular weight excluding hydrogens is 298 g/mol. The Labute approximate surface area is 133 Å². The van der Waals surface area contributed by atoms with Crippen LogP contribution in [0.5, 0.6) is 0 Å². The second-order valence-electron chi connectivity index (χ2n) is 5.38. The first-order valence-electron chi connectivity index (χ1n) is 7.06. The molecule has 1 heterocycles. The van der Waals surface area contributed by atoms with Crippen LogP contribution in [0.1, 0.15) is 16.7 Å². The summed E-state index contributed by atoms with van der Waals surface area (Å²) in [6.07, 6.45) is 1.94. The number of furan rings is 1. The first-order valence-corrected chi connectivity index (χ1v) is 7.44. The van der Waals surface area contributed by atoms with Crippen molar-refractivity contribution in [3.63, 3.8) is 0 Å². The lowest BCUT2D eigenvalue weighted by atomic mass is 10.0. The van der Waals surface area contributed by atoms with E-state index in [4.69, 9.17) is 16.0 Å². The molecule has 3 nitrogen and oxygen atoms in total. The number of hydrogen-bond donors (Lipinski definition) is 1. The molecule has 4 heteroatoms. The SMILES string of the molecule is Cc1ccc2c(CC(=O)Nc3ccc(Cl)cc3)coc2c1C. The van der Waals surface area contributed by atoms with Gasteiger partial charge in [-0.3, -0.25) is 4.79 Å². The normalized spacial score (nSPS) is 10.9. The highest BCUT2D eigenvalue weighted by Gasteiger charge is 2.13. The Balaban J connectivity index is 1.79. The average Bonchev–Trinajstić information content (AvgIpc) is 2.89. The van der Waals surface area contributed by atoms with E-state index in [0.29, 0.717) is 5.02 Å². The zero-order valence-electron chi connectivity index (χ0n) is 12.4. The number of aryl methyl sites for hydroxylation is 2. The number of rotatable bonds is 3. The van der Waals surface area contributed by atoms with Crippen molar-refractivity contribution in [3.8, 4) is 0 Å². The lowest BCUT2D eigenvalue weighted by molar-refractivity contribution is -0.115. The van der Waals surface area contributed by atoms with Crippen LogP contribution in [0.2, 0.25) is 5.02 Å². The van der Waals surface area contributed by atoms with Crippen molar-refractivity contribution in [1.29, 1.82) is 0 Å². The third-order valence-electron chi connectivity index (χ3n) is 3.82. The van der Waals surface area contributed by atoms with Crippen LogP contribution >= 0.6 is 11.6 Å². The number of hydrogen-bond acceptors (Lipinski definition) is 2. The number of fused-ring (bicyclic) bond motifs is 1. The Kier molecular flexibility index (Phi) is 3.90. The maximum absolute atomic E-state index is 12.2. The maximum Gasteiger partial charge on any atom is 0.228 e. The Bertz CT molecular complexity index is 834. The number of halogens is 1. The summed E-state index contributed by atoms with van der Waals surface area (Å²) in [6.45, 7) is 4.07. The molecule has 0 bridgehead atoms. The van der Waals surface area contributed by atoms with Crippen molar-refractivity contribution in [2.24, 2.45) is 0 Å². The summed E-state index contributed by atoms with van der Waals surface area (Å²) in [6, 6.07) is 11.1. The minimum Gasteiger partial charge on any atom is -0.464 e. The van der Waals surface area contributed by atoms with E-state index >= 15 is 0 Å². The Morgan fingerprint density at radius 1 is 1.14 bits per heavy atom. The second kappa shape index (κ2) is 5.85. The quantitative estimate of drug-likeness (QED) is 0.748. The van der Waals surface area contributed by atoms with Crippen LogP contribution in [0.3, 0.4) is 0 Å². The average molecular weight is 314 g/mol. The molecule has 0 atom stereocenters. The van der Waals surface area contributed by atoms with Gasteiger partial charge >= 0.3 is 0 Å². The van der Waals surface area contributed by atoms with Crippen molar-refractivity contribution in [1.82, 2.24) is 0 Å². The van der Waals surface area contributed by atoms with Gasteiger partial charge < -0.3 is 9.73 Å². The van der Waals surface area contributed by atoms with Gasteiger partial charge in [-0.1, -0.05) is 23.7 Å². The Morgan fingerprint density at radius 2 is 1.86 bits per heavy atom. The molecule has 1 amide bonds. The highest BCUT2D eigenvalue weighted by molar-refractivity contribution is 6.30. The molecule has 0 saturated carbocycles. The van der Waals surface area contributed by atoms with E-state index in [0.717, 1.165) is 27.8 Å². The first-order chi connectivity index (χ1) is 10.5. The van der Waals surface area contributed by atoms with E-state index in [-0.39, 0.29) is 12.3 Å². The van der Waals surface area contributed by atoms with Gasteiger partial charge in [-0.2, -0.15) is 0 Å². The first kappa shape index (κ1) is 14.7. The molecule has 0 radical (unpaired) electrons. The molecule has 3 rings (SSSR count). The van der Waals surface area contributed by atoms with Crippen LogP contribution in [-0.2, 0) is 11.2 Å². The van der Waals surface area contributed by atoms with E-state index in [1.165, 1.54) is 5.56 Å². The predicted molar refractivity (Wildman–Crippen MR) is 89.5 cm³/mol. The molecule has 0 aliphatic rings. The minimum atomic E-state index is -0.0803. The number of carbonyl (C=O) groups is 1. The third kappa shape index (κ3) is 2.85. The van der Waals surface area contributed by atoms with Crippen molar-refractivity contribution in [3.05, 3.63) is 64.4 Å². The van der Waals surface area contributed by atoms with Gasteiger partial charge in [-0.25, -0.2) is 0 Å². The van der Waals surface area contributed by atoms with Gasteiger partial charge in [0.2, 0.25) is 5.91 Å². The molecule has 0 unspecified atom stereocenters. The van der Waals surface area contributed by atoms with E-state index in [1.807, 2.05) is 26.0 Å². The van der Waals surface area contributed by atoms with Crippen LogP contribution in [0.25, 0.3) is 11.0 Å². The second-order valence-corrected chi connectivity index (χ2v) is 5.81. The van der Waals surface area contributed by atoms with Gasteiger partial charge in [0.15, 0.2) is 0 Å². The molecule has 0 spiro atoms. The van der Waals surface area contributed by atoms with Crippen molar-refractivity contribution in [2.75, 3.05) is 5.32 Å². The van der Waals surface area contributed by atoms with Crippen molar-refractivity contribution in [2.45, 2.75) is 20.3 Å². The molecule has 0 fully saturated rings. The molecular formula is C18H16ClNO2. The van der Waals surface area contributed by atoms with E-state index < -0.39 is 0 Å². The third-order valence-corrected chi connectivity index (χ3v) is 4.07. The van der Waals surface area contributed by atoms with Crippen LogP contribution in [0.4, 0.5) is 5.69 Å². The molecule has 112 valence electrons. The van der Waals surface area contributed by atoms with Gasteiger partial charge in [0.25, 0.3) is 0 Å².